The van der Waals surface area contributed by atoms with Gasteiger partial charge in [-0.1, -0.05) is 18.2 Å². The predicted molar refractivity (Wildman–Crippen MR) is 93.1 cm³/mol. The summed E-state index contributed by atoms with van der Waals surface area (Å²) in [6.07, 6.45) is 1.76. The van der Waals surface area contributed by atoms with Crippen molar-refractivity contribution < 1.29 is 9.84 Å². The van der Waals surface area contributed by atoms with Crippen molar-refractivity contribution >= 4 is 29.9 Å². The minimum Gasteiger partial charge on any atom is -0.504 e. The van der Waals surface area contributed by atoms with Crippen molar-refractivity contribution in [3.05, 3.63) is 36.4 Å². The third-order valence-electron chi connectivity index (χ3n) is 2.47. The molecule has 6 heteroatoms. The average molecular weight is 391 g/mol. The lowest BCUT2D eigenvalue weighted by Gasteiger charge is -2.10. The first-order valence-corrected chi connectivity index (χ1v) is 6.20. The Morgan fingerprint density at radius 1 is 1.45 bits per heavy atom. The number of aliphatic imine (C=N–C) groups is 1. The number of phenolic OH excluding ortho intramolecular Hbond substituents is 1. The first-order chi connectivity index (χ1) is 9.22. The van der Waals surface area contributed by atoms with E-state index in [1.165, 1.54) is 7.11 Å². The van der Waals surface area contributed by atoms with Crippen molar-refractivity contribution in [1.29, 1.82) is 0 Å². The van der Waals surface area contributed by atoms with Crippen LogP contribution in [0.2, 0.25) is 0 Å². The molecule has 1 rings (SSSR count). The van der Waals surface area contributed by atoms with Crippen molar-refractivity contribution in [3.8, 4) is 11.5 Å². The maximum Gasteiger partial charge on any atom is 0.191 e. The number of ether oxygens (including phenoxy) is 1. The van der Waals surface area contributed by atoms with Crippen LogP contribution in [0.3, 0.4) is 0 Å². The smallest absolute Gasteiger partial charge is 0.191 e. The molecule has 0 heterocycles. The van der Waals surface area contributed by atoms with E-state index in [1.54, 1.807) is 12.1 Å². The van der Waals surface area contributed by atoms with Gasteiger partial charge in [-0.2, -0.15) is 0 Å². The lowest BCUT2D eigenvalue weighted by Crippen LogP contribution is -2.37. The molecule has 0 radical (unpaired) electrons. The van der Waals surface area contributed by atoms with Gasteiger partial charge in [0, 0.05) is 18.7 Å². The van der Waals surface area contributed by atoms with Crippen LogP contribution >= 0.6 is 24.0 Å². The number of hydrogen-bond acceptors (Lipinski definition) is 3. The monoisotopic (exact) mass is 391 g/mol. The Morgan fingerprint density at radius 3 is 2.80 bits per heavy atom. The zero-order valence-corrected chi connectivity index (χ0v) is 14.2. The second-order valence-electron chi connectivity index (χ2n) is 3.83. The van der Waals surface area contributed by atoms with Crippen LogP contribution < -0.4 is 15.4 Å². The molecule has 0 aromatic heterocycles. The van der Waals surface area contributed by atoms with Crippen molar-refractivity contribution in [2.75, 3.05) is 20.2 Å². The van der Waals surface area contributed by atoms with Crippen molar-refractivity contribution in [3.63, 3.8) is 0 Å². The molecule has 0 aliphatic heterocycles. The normalized spacial score (nSPS) is 10.4. The first kappa shape index (κ1) is 18.6. The van der Waals surface area contributed by atoms with E-state index in [9.17, 15) is 5.11 Å². The Morgan fingerprint density at radius 2 is 2.20 bits per heavy atom. The number of halogens is 1. The van der Waals surface area contributed by atoms with Crippen LogP contribution in [0, 0.1) is 0 Å². The van der Waals surface area contributed by atoms with Gasteiger partial charge in [0.1, 0.15) is 0 Å². The summed E-state index contributed by atoms with van der Waals surface area (Å²) in [5, 5.41) is 16.2. The fourth-order valence-corrected chi connectivity index (χ4v) is 1.53. The Kier molecular flexibility index (Phi) is 9.61. The van der Waals surface area contributed by atoms with Crippen LogP contribution in [0.5, 0.6) is 11.5 Å². The summed E-state index contributed by atoms with van der Waals surface area (Å²) in [5.74, 6) is 1.27. The minimum atomic E-state index is 0. The standard InChI is InChI=1S/C14H21N3O2.HI/c1-4-9-16-14(15-5-2)17-10-11-7-6-8-12(19-3)13(11)18;/h4,6-8,18H,1,5,9-10H2,2-3H3,(H2,15,16,17);1H. The molecular weight excluding hydrogens is 369 g/mol. The summed E-state index contributed by atoms with van der Waals surface area (Å²) >= 11 is 0. The molecule has 0 spiro atoms. The zero-order valence-electron chi connectivity index (χ0n) is 11.8. The number of para-hydroxylation sites is 1. The molecule has 0 saturated heterocycles. The number of rotatable bonds is 6. The summed E-state index contributed by atoms with van der Waals surface area (Å²) in [7, 11) is 1.53. The fraction of sp³-hybridized carbons (Fsp3) is 0.357. The van der Waals surface area contributed by atoms with Crippen LogP contribution in [0.25, 0.3) is 0 Å². The summed E-state index contributed by atoms with van der Waals surface area (Å²) in [6, 6.07) is 5.36. The molecule has 112 valence electrons. The van der Waals surface area contributed by atoms with Gasteiger partial charge in [0.2, 0.25) is 0 Å². The summed E-state index contributed by atoms with van der Waals surface area (Å²) in [5.41, 5.74) is 0.718. The molecule has 5 nitrogen and oxygen atoms in total. The molecule has 0 aliphatic carbocycles. The van der Waals surface area contributed by atoms with Crippen LogP contribution in [0.15, 0.2) is 35.8 Å². The first-order valence-electron chi connectivity index (χ1n) is 6.20. The number of methoxy groups -OCH3 is 1. The van der Waals surface area contributed by atoms with E-state index in [2.05, 4.69) is 22.2 Å². The number of aromatic hydroxyl groups is 1. The lowest BCUT2D eigenvalue weighted by atomic mass is 10.2. The molecule has 1 aromatic rings. The van der Waals surface area contributed by atoms with Crippen LogP contribution in [-0.4, -0.2) is 31.3 Å². The molecule has 20 heavy (non-hydrogen) atoms. The maximum absolute atomic E-state index is 9.96. The van der Waals surface area contributed by atoms with Gasteiger partial charge in [-0.3, -0.25) is 0 Å². The molecule has 3 N–H and O–H groups in total. The van der Waals surface area contributed by atoms with Gasteiger partial charge < -0.3 is 20.5 Å². The SMILES string of the molecule is C=CCNC(=NCc1cccc(OC)c1O)NCC.I. The van der Waals surface area contributed by atoms with Crippen LogP contribution in [0.4, 0.5) is 0 Å². The number of phenols is 1. The Hall–Kier alpha value is -1.44. The van der Waals surface area contributed by atoms with E-state index >= 15 is 0 Å². The maximum atomic E-state index is 9.96. The highest BCUT2D eigenvalue weighted by Crippen LogP contribution is 2.29. The predicted octanol–water partition coefficient (Wildman–Crippen LogP) is 2.26. The van der Waals surface area contributed by atoms with Crippen molar-refractivity contribution in [1.82, 2.24) is 10.6 Å². The number of benzene rings is 1. The second-order valence-corrected chi connectivity index (χ2v) is 3.83. The average Bonchev–Trinajstić information content (AvgIpc) is 2.43. The van der Waals surface area contributed by atoms with Crippen LogP contribution in [0.1, 0.15) is 12.5 Å². The second kappa shape index (κ2) is 10.4. The molecule has 0 atom stereocenters. The van der Waals surface area contributed by atoms with Gasteiger partial charge in [0.15, 0.2) is 17.5 Å². The van der Waals surface area contributed by atoms with E-state index < -0.39 is 0 Å². The molecule has 0 unspecified atom stereocenters. The molecule has 0 fully saturated rings. The van der Waals surface area contributed by atoms with E-state index in [-0.39, 0.29) is 29.7 Å². The Balaban J connectivity index is 0.00000361. The largest absolute Gasteiger partial charge is 0.504 e. The zero-order chi connectivity index (χ0) is 14.1. The third kappa shape index (κ3) is 5.68. The minimum absolute atomic E-state index is 0. The highest BCUT2D eigenvalue weighted by molar-refractivity contribution is 14.0. The number of nitrogens with one attached hydrogen (secondary N) is 2. The van der Waals surface area contributed by atoms with E-state index in [0.717, 1.165) is 12.1 Å². The fourth-order valence-electron chi connectivity index (χ4n) is 1.53. The molecule has 0 bridgehead atoms. The van der Waals surface area contributed by atoms with Gasteiger partial charge >= 0.3 is 0 Å². The van der Waals surface area contributed by atoms with Crippen molar-refractivity contribution in [2.45, 2.75) is 13.5 Å². The summed E-state index contributed by atoms with van der Waals surface area (Å²) in [4.78, 5) is 4.39. The molecule has 1 aromatic carbocycles. The van der Waals surface area contributed by atoms with Gasteiger partial charge in [-0.25, -0.2) is 4.99 Å². The van der Waals surface area contributed by atoms with Crippen molar-refractivity contribution in [2.24, 2.45) is 4.99 Å². The van der Waals surface area contributed by atoms with Gasteiger partial charge in [-0.05, 0) is 13.0 Å². The topological polar surface area (TPSA) is 65.9 Å². The molecule has 0 amide bonds. The van der Waals surface area contributed by atoms with E-state index in [4.69, 9.17) is 4.74 Å². The van der Waals surface area contributed by atoms with Gasteiger partial charge in [-0.15, -0.1) is 30.6 Å². The highest BCUT2D eigenvalue weighted by atomic mass is 127. The lowest BCUT2D eigenvalue weighted by molar-refractivity contribution is 0.370. The number of hydrogen-bond donors (Lipinski definition) is 3. The number of nitrogens with zero attached hydrogens (tertiary/aromatic N) is 1. The molecule has 0 saturated carbocycles. The van der Waals surface area contributed by atoms with E-state index in [1.807, 2.05) is 19.1 Å². The summed E-state index contributed by atoms with van der Waals surface area (Å²) < 4.78 is 5.06. The molecule has 0 aliphatic rings. The van der Waals surface area contributed by atoms with E-state index in [0.29, 0.717) is 24.8 Å². The third-order valence-corrected chi connectivity index (χ3v) is 2.47. The Bertz CT molecular complexity index is 450. The Labute approximate surface area is 137 Å². The van der Waals surface area contributed by atoms with Gasteiger partial charge in [0.05, 0.1) is 13.7 Å². The molecular formula is C14H22IN3O2. The number of guanidine groups is 1. The van der Waals surface area contributed by atoms with Gasteiger partial charge in [0.25, 0.3) is 0 Å². The highest BCUT2D eigenvalue weighted by Gasteiger charge is 2.06. The van der Waals surface area contributed by atoms with Crippen LogP contribution in [-0.2, 0) is 6.54 Å². The quantitative estimate of drug-likeness (QED) is 0.301. The summed E-state index contributed by atoms with van der Waals surface area (Å²) in [6.45, 7) is 7.42.